The molecule has 2 heterocycles. The van der Waals surface area contributed by atoms with Crippen molar-refractivity contribution in [1.29, 1.82) is 0 Å². The highest BCUT2D eigenvalue weighted by atomic mass is 32.2. The molecular formula is C37H54N2O6S. The van der Waals surface area contributed by atoms with Gasteiger partial charge in [0.2, 0.25) is 5.79 Å². The van der Waals surface area contributed by atoms with Gasteiger partial charge < -0.3 is 29.3 Å². The lowest BCUT2D eigenvalue weighted by molar-refractivity contribution is -0.223. The van der Waals surface area contributed by atoms with Gasteiger partial charge in [0.05, 0.1) is 23.5 Å². The topological polar surface area (TPSA) is 92.8 Å². The lowest BCUT2D eigenvalue weighted by Gasteiger charge is -2.58. The second-order valence-corrected chi connectivity index (χ2v) is 15.2. The van der Waals surface area contributed by atoms with Crippen LogP contribution in [-0.2, 0) is 9.57 Å². The van der Waals surface area contributed by atoms with Crippen LogP contribution < -0.4 is 9.47 Å². The minimum Gasteiger partial charge on any atom is -0.492 e. The zero-order valence-corrected chi connectivity index (χ0v) is 28.4. The van der Waals surface area contributed by atoms with E-state index in [-0.39, 0.29) is 36.2 Å². The molecule has 6 atom stereocenters. The molecule has 254 valence electrons. The molecule has 3 aliphatic carbocycles. The molecule has 1 aromatic rings. The number of hydrogen-bond donors (Lipinski definition) is 2. The molecule has 1 saturated heterocycles. The number of ether oxygens (including phenoxy) is 3. The van der Waals surface area contributed by atoms with Crippen LogP contribution in [0.4, 0.5) is 0 Å². The van der Waals surface area contributed by atoms with Crippen LogP contribution in [0.15, 0.2) is 47.7 Å². The highest BCUT2D eigenvalue weighted by molar-refractivity contribution is 8.00. The number of rotatable bonds is 18. The van der Waals surface area contributed by atoms with Gasteiger partial charge in [-0.3, -0.25) is 4.90 Å². The molecule has 0 spiro atoms. The van der Waals surface area contributed by atoms with Crippen molar-refractivity contribution in [3.8, 4) is 11.5 Å². The molecule has 9 heteroatoms. The molecule has 0 aromatic heterocycles. The maximum atomic E-state index is 9.78. The van der Waals surface area contributed by atoms with Crippen molar-refractivity contribution in [2.45, 2.75) is 92.8 Å². The number of fused-ring (bicyclic) bond motifs is 2. The Kier molecular flexibility index (Phi) is 11.7. The zero-order valence-electron chi connectivity index (χ0n) is 27.6. The van der Waals surface area contributed by atoms with Gasteiger partial charge in [0.25, 0.3) is 0 Å². The minimum atomic E-state index is -0.884. The summed E-state index contributed by atoms with van der Waals surface area (Å²) in [5, 5.41) is 24.8. The fourth-order valence-corrected chi connectivity index (χ4v) is 10.3. The second kappa shape index (κ2) is 15.9. The third-order valence-corrected chi connectivity index (χ3v) is 12.4. The van der Waals surface area contributed by atoms with Gasteiger partial charge in [-0.15, -0.1) is 18.3 Å². The number of thioether (sulfide) groups is 1. The number of benzene rings is 1. The number of hydrogen-bond acceptors (Lipinski definition) is 9. The van der Waals surface area contributed by atoms with E-state index in [1.807, 2.05) is 17.8 Å². The summed E-state index contributed by atoms with van der Waals surface area (Å²) in [5.41, 5.74) is 3.37. The number of nitrogens with zero attached hydrogens (tertiary/aromatic N) is 2. The smallest absolute Gasteiger partial charge is 0.230 e. The van der Waals surface area contributed by atoms with Crippen molar-refractivity contribution in [1.82, 2.24) is 4.90 Å². The number of oxime groups is 1. The first-order chi connectivity index (χ1) is 22.6. The summed E-state index contributed by atoms with van der Waals surface area (Å²) in [6, 6.07) is 6.39. The molecule has 2 N–H and O–H groups in total. The lowest BCUT2D eigenvalue weighted by Crippen LogP contribution is -2.64. The quantitative estimate of drug-likeness (QED) is 0.0823. The van der Waals surface area contributed by atoms with Crippen molar-refractivity contribution >= 4 is 17.5 Å². The summed E-state index contributed by atoms with van der Waals surface area (Å²) >= 11 is 2.03. The van der Waals surface area contributed by atoms with Gasteiger partial charge in [-0.2, -0.15) is 0 Å². The van der Waals surface area contributed by atoms with Crippen molar-refractivity contribution in [2.75, 3.05) is 53.2 Å². The molecule has 2 saturated carbocycles. The average Bonchev–Trinajstić information content (AvgIpc) is 3.75. The molecule has 3 fully saturated rings. The molecule has 6 unspecified atom stereocenters. The molecule has 0 radical (unpaired) electrons. The van der Waals surface area contributed by atoms with Crippen molar-refractivity contribution in [3.63, 3.8) is 0 Å². The average molecular weight is 655 g/mol. The van der Waals surface area contributed by atoms with Crippen molar-refractivity contribution in [3.05, 3.63) is 48.1 Å². The summed E-state index contributed by atoms with van der Waals surface area (Å²) in [7, 11) is 1.65. The first-order valence-electron chi connectivity index (χ1n) is 17.7. The summed E-state index contributed by atoms with van der Waals surface area (Å²) in [6.07, 6.45) is 15.5. The van der Waals surface area contributed by atoms with E-state index in [9.17, 15) is 10.2 Å². The summed E-state index contributed by atoms with van der Waals surface area (Å²) in [6.45, 7) is 8.76. The molecular weight excluding hydrogens is 600 g/mol. The Bertz CT molecular complexity index is 1230. The van der Waals surface area contributed by atoms with Crippen molar-refractivity contribution in [2.24, 2.45) is 22.9 Å². The Labute approximate surface area is 279 Å². The molecule has 0 bridgehead atoms. The maximum absolute atomic E-state index is 9.78. The highest BCUT2D eigenvalue weighted by Crippen LogP contribution is 2.63. The fourth-order valence-electron chi connectivity index (χ4n) is 8.49. The van der Waals surface area contributed by atoms with Crippen molar-refractivity contribution < 1.29 is 29.3 Å². The van der Waals surface area contributed by atoms with Crippen LogP contribution in [0.3, 0.4) is 0 Å². The van der Waals surface area contributed by atoms with Gasteiger partial charge in [0, 0.05) is 56.0 Å². The number of aliphatic hydroxyl groups is 2. The predicted octanol–water partition coefficient (Wildman–Crippen LogP) is 6.32. The lowest BCUT2D eigenvalue weighted by atomic mass is 9.56. The summed E-state index contributed by atoms with van der Waals surface area (Å²) < 4.78 is 20.6. The third kappa shape index (κ3) is 7.34. The van der Waals surface area contributed by atoms with Crippen LogP contribution in [-0.4, -0.2) is 90.3 Å². The van der Waals surface area contributed by atoms with E-state index in [4.69, 9.17) is 24.2 Å². The van der Waals surface area contributed by atoms with E-state index in [1.165, 1.54) is 36.8 Å². The van der Waals surface area contributed by atoms with E-state index in [1.54, 1.807) is 7.11 Å². The maximum Gasteiger partial charge on any atom is 0.230 e. The summed E-state index contributed by atoms with van der Waals surface area (Å²) in [4.78, 5) is 7.91. The van der Waals surface area contributed by atoms with Crippen LogP contribution in [0.25, 0.3) is 0 Å². The fraction of sp³-hybridized carbons (Fsp3) is 0.703. The Morgan fingerprint density at radius 3 is 2.61 bits per heavy atom. The molecule has 2 aliphatic heterocycles. The van der Waals surface area contributed by atoms with Crippen LogP contribution in [0.2, 0.25) is 0 Å². The Morgan fingerprint density at radius 1 is 1.11 bits per heavy atom. The van der Waals surface area contributed by atoms with Gasteiger partial charge in [-0.1, -0.05) is 43.0 Å². The Hall–Kier alpha value is -2.04. The van der Waals surface area contributed by atoms with Gasteiger partial charge >= 0.3 is 0 Å². The number of allylic oxidation sites excluding steroid dienone is 1. The molecule has 1 aromatic carbocycles. The third-order valence-electron chi connectivity index (χ3n) is 10.7. The largest absolute Gasteiger partial charge is 0.492 e. The molecule has 46 heavy (non-hydrogen) atoms. The summed E-state index contributed by atoms with van der Waals surface area (Å²) in [5.74, 6) is 1.50. The van der Waals surface area contributed by atoms with E-state index in [0.29, 0.717) is 30.8 Å². The predicted molar refractivity (Wildman–Crippen MR) is 184 cm³/mol. The van der Waals surface area contributed by atoms with E-state index in [0.717, 1.165) is 75.4 Å². The van der Waals surface area contributed by atoms with E-state index < -0.39 is 5.79 Å². The van der Waals surface area contributed by atoms with Gasteiger partial charge in [0.15, 0.2) is 0 Å². The van der Waals surface area contributed by atoms with Crippen LogP contribution >= 0.6 is 11.8 Å². The standard InChI is InChI=1S/C37H54N2O6S/c1-3-21-44-37-34(46-28-11-4-5-12-28)25-32(38-42-2)30-23-26(10-6-8-19-40)29(13-7-9-20-41)35(36(30)37)31-24-27(14-15-33(31)45-37)43-22-18-39-16-17-39/h3,14-15,23-24,26,28-29,34-36,40-41H,1,4-13,16-22,25H2,2H3. The monoisotopic (exact) mass is 654 g/mol. The first-order valence-corrected chi connectivity index (χ1v) is 18.7. The Morgan fingerprint density at radius 2 is 1.89 bits per heavy atom. The van der Waals surface area contributed by atoms with Gasteiger partial charge in [-0.05, 0) is 74.1 Å². The Balaban J connectivity index is 1.48. The SMILES string of the molecule is C=CCOC12Oc3ccc(OCCN4CC4)cc3C3C(CCCCO)C(CCCCO)C=C(C(=NOC)CC1SC1CCCC1)C32. The first kappa shape index (κ1) is 33.8. The highest BCUT2D eigenvalue weighted by Gasteiger charge is 2.64. The van der Waals surface area contributed by atoms with Gasteiger partial charge in [-0.25, -0.2) is 0 Å². The number of unbranched alkanes of at least 4 members (excludes halogenated alkanes) is 2. The van der Waals surface area contributed by atoms with Crippen LogP contribution in [0.1, 0.15) is 82.1 Å². The molecule has 0 amide bonds. The minimum absolute atomic E-state index is 0.0369. The van der Waals surface area contributed by atoms with E-state index in [2.05, 4.69) is 35.8 Å². The normalized spacial score (nSPS) is 31.2. The van der Waals surface area contributed by atoms with E-state index >= 15 is 0 Å². The second-order valence-electron chi connectivity index (χ2n) is 13.7. The zero-order chi connectivity index (χ0) is 31.9. The molecule has 8 nitrogen and oxygen atoms in total. The van der Waals surface area contributed by atoms with Gasteiger partial charge in [0.1, 0.15) is 25.2 Å². The molecule has 6 rings (SSSR count). The van der Waals surface area contributed by atoms with Crippen LogP contribution in [0, 0.1) is 17.8 Å². The molecule has 5 aliphatic rings. The number of aliphatic hydroxyl groups excluding tert-OH is 2. The van der Waals surface area contributed by atoms with Crippen LogP contribution in [0.5, 0.6) is 11.5 Å².